The molecule has 0 bridgehead atoms. The van der Waals surface area contributed by atoms with E-state index in [0.717, 1.165) is 22.8 Å². The first kappa shape index (κ1) is 18.2. The van der Waals surface area contributed by atoms with E-state index in [1.54, 1.807) is 12.3 Å². The number of carbonyl (C=O) groups excluding carboxylic acids is 1. The lowest BCUT2D eigenvalue weighted by molar-refractivity contribution is 0.0466. The number of hydrogen-bond donors (Lipinski definition) is 0. The third kappa shape index (κ3) is 3.27. The van der Waals surface area contributed by atoms with Gasteiger partial charge in [0.15, 0.2) is 4.96 Å². The minimum atomic E-state index is -0.442. The Kier molecular flexibility index (Phi) is 4.64. The summed E-state index contributed by atoms with van der Waals surface area (Å²) < 4.78 is 14.4. The van der Waals surface area contributed by atoms with Crippen LogP contribution in [0.2, 0.25) is 0 Å². The standard InChI is InChI=1S/C20H19N3O4S/c1-12-7-17(14(3)22(12)9-16-5-4-6-26-16)19(25)27-10-15-8-18(24)23-13(2)11-28-20(23)21-15/h4-8,11H,9-10H2,1-3H3. The molecule has 28 heavy (non-hydrogen) atoms. The minimum absolute atomic E-state index is 0.0522. The van der Waals surface area contributed by atoms with Gasteiger partial charge in [0.05, 0.1) is 24.1 Å². The maximum absolute atomic E-state index is 12.6. The van der Waals surface area contributed by atoms with E-state index in [1.165, 1.54) is 21.8 Å². The molecular weight excluding hydrogens is 378 g/mol. The van der Waals surface area contributed by atoms with Gasteiger partial charge in [-0.15, -0.1) is 11.3 Å². The van der Waals surface area contributed by atoms with Crippen LogP contribution in [0, 0.1) is 20.8 Å². The fourth-order valence-corrected chi connectivity index (χ4v) is 4.09. The predicted molar refractivity (Wildman–Crippen MR) is 105 cm³/mol. The Bertz CT molecular complexity index is 1210. The van der Waals surface area contributed by atoms with Gasteiger partial charge in [-0.05, 0) is 39.0 Å². The Hall–Kier alpha value is -3.13. The molecule has 0 radical (unpaired) electrons. The molecule has 7 nitrogen and oxygen atoms in total. The van der Waals surface area contributed by atoms with Crippen molar-refractivity contribution in [3.05, 3.63) is 80.4 Å². The van der Waals surface area contributed by atoms with Crippen LogP contribution < -0.4 is 5.56 Å². The van der Waals surface area contributed by atoms with E-state index >= 15 is 0 Å². The first-order valence-corrected chi connectivity index (χ1v) is 9.65. The molecular formula is C20H19N3O4S. The van der Waals surface area contributed by atoms with Gasteiger partial charge in [0.1, 0.15) is 12.4 Å². The van der Waals surface area contributed by atoms with Gasteiger partial charge in [-0.2, -0.15) is 0 Å². The quantitative estimate of drug-likeness (QED) is 0.482. The summed E-state index contributed by atoms with van der Waals surface area (Å²) in [7, 11) is 0. The SMILES string of the molecule is Cc1cc(C(=O)OCc2cc(=O)n3c(C)csc3n2)c(C)n1Cc1ccco1. The van der Waals surface area contributed by atoms with Crippen LogP contribution in [0.1, 0.15) is 38.9 Å². The van der Waals surface area contributed by atoms with Crippen molar-refractivity contribution in [1.82, 2.24) is 14.0 Å². The van der Waals surface area contributed by atoms with Gasteiger partial charge in [0.2, 0.25) is 0 Å². The van der Waals surface area contributed by atoms with Crippen LogP contribution in [0.15, 0.2) is 45.1 Å². The van der Waals surface area contributed by atoms with Gasteiger partial charge in [-0.3, -0.25) is 9.20 Å². The van der Waals surface area contributed by atoms with Crippen LogP contribution in [0.25, 0.3) is 4.96 Å². The zero-order chi connectivity index (χ0) is 19.8. The number of ether oxygens (including phenoxy) is 1. The first-order chi connectivity index (χ1) is 13.4. The number of aryl methyl sites for hydroxylation is 2. The van der Waals surface area contributed by atoms with Crippen molar-refractivity contribution < 1.29 is 13.9 Å². The Labute approximate surface area is 164 Å². The molecule has 0 saturated heterocycles. The molecule has 0 aliphatic carbocycles. The van der Waals surface area contributed by atoms with Gasteiger partial charge in [-0.1, -0.05) is 0 Å². The molecule has 0 atom stereocenters. The second kappa shape index (κ2) is 7.12. The van der Waals surface area contributed by atoms with Gasteiger partial charge >= 0.3 is 5.97 Å². The van der Waals surface area contributed by atoms with E-state index in [0.29, 0.717) is 22.8 Å². The van der Waals surface area contributed by atoms with Crippen molar-refractivity contribution in [3.8, 4) is 0 Å². The lowest BCUT2D eigenvalue weighted by Gasteiger charge is -2.08. The Morgan fingerprint density at radius 1 is 1.25 bits per heavy atom. The lowest BCUT2D eigenvalue weighted by atomic mass is 10.2. The van der Waals surface area contributed by atoms with Gasteiger partial charge < -0.3 is 13.7 Å². The number of carbonyl (C=O) groups is 1. The molecule has 0 spiro atoms. The summed E-state index contributed by atoms with van der Waals surface area (Å²) in [5, 5.41) is 1.87. The third-order valence-electron chi connectivity index (χ3n) is 4.67. The monoisotopic (exact) mass is 397 g/mol. The average Bonchev–Trinajstić information content (AvgIpc) is 3.37. The van der Waals surface area contributed by atoms with Crippen LogP contribution in [-0.2, 0) is 17.9 Å². The number of aromatic nitrogens is 3. The van der Waals surface area contributed by atoms with Crippen molar-refractivity contribution in [3.63, 3.8) is 0 Å². The average molecular weight is 397 g/mol. The molecule has 0 fully saturated rings. The number of fused-ring (bicyclic) bond motifs is 1. The van der Waals surface area contributed by atoms with E-state index < -0.39 is 5.97 Å². The zero-order valence-electron chi connectivity index (χ0n) is 15.8. The maximum atomic E-state index is 12.6. The highest BCUT2D eigenvalue weighted by Gasteiger charge is 2.18. The summed E-state index contributed by atoms with van der Waals surface area (Å²) in [5.41, 5.74) is 3.33. The molecule has 0 aromatic carbocycles. The molecule has 4 rings (SSSR count). The summed E-state index contributed by atoms with van der Waals surface area (Å²) >= 11 is 1.38. The fraction of sp³-hybridized carbons (Fsp3) is 0.250. The topological polar surface area (TPSA) is 78.7 Å². The number of esters is 1. The summed E-state index contributed by atoms with van der Waals surface area (Å²) in [4.78, 5) is 29.8. The molecule has 0 saturated carbocycles. The Balaban J connectivity index is 1.52. The molecule has 0 N–H and O–H groups in total. The van der Waals surface area contributed by atoms with Crippen LogP contribution in [0.5, 0.6) is 0 Å². The summed E-state index contributed by atoms with van der Waals surface area (Å²) in [6, 6.07) is 6.93. The Morgan fingerprint density at radius 2 is 2.07 bits per heavy atom. The van der Waals surface area contributed by atoms with Crippen LogP contribution in [0.4, 0.5) is 0 Å². The lowest BCUT2D eigenvalue weighted by Crippen LogP contribution is -2.16. The fourth-order valence-electron chi connectivity index (χ4n) is 3.20. The second-order valence-electron chi connectivity index (χ2n) is 6.61. The van der Waals surface area contributed by atoms with E-state index in [9.17, 15) is 9.59 Å². The molecule has 0 amide bonds. The summed E-state index contributed by atoms with van der Waals surface area (Å²) in [6.07, 6.45) is 1.63. The van der Waals surface area contributed by atoms with Crippen molar-refractivity contribution in [2.75, 3.05) is 0 Å². The summed E-state index contributed by atoms with van der Waals surface area (Å²) in [5.74, 6) is 0.370. The maximum Gasteiger partial charge on any atom is 0.340 e. The van der Waals surface area contributed by atoms with E-state index in [1.807, 2.05) is 42.9 Å². The van der Waals surface area contributed by atoms with Gasteiger partial charge in [-0.25, -0.2) is 9.78 Å². The molecule has 4 heterocycles. The first-order valence-electron chi connectivity index (χ1n) is 8.77. The highest BCUT2D eigenvalue weighted by atomic mass is 32.1. The molecule has 4 aromatic heterocycles. The largest absolute Gasteiger partial charge is 0.467 e. The second-order valence-corrected chi connectivity index (χ2v) is 7.44. The number of furan rings is 1. The van der Waals surface area contributed by atoms with Crippen molar-refractivity contribution >= 4 is 22.3 Å². The Morgan fingerprint density at radius 3 is 2.82 bits per heavy atom. The summed E-state index contributed by atoms with van der Waals surface area (Å²) in [6.45, 7) is 6.15. The third-order valence-corrected chi connectivity index (χ3v) is 5.61. The van der Waals surface area contributed by atoms with Crippen molar-refractivity contribution in [2.45, 2.75) is 33.9 Å². The smallest absolute Gasteiger partial charge is 0.340 e. The van der Waals surface area contributed by atoms with E-state index in [2.05, 4.69) is 4.98 Å². The minimum Gasteiger partial charge on any atom is -0.467 e. The zero-order valence-corrected chi connectivity index (χ0v) is 16.6. The molecule has 4 aromatic rings. The van der Waals surface area contributed by atoms with Gasteiger partial charge in [0.25, 0.3) is 5.56 Å². The molecule has 0 aliphatic rings. The van der Waals surface area contributed by atoms with Crippen LogP contribution >= 0.6 is 11.3 Å². The number of thiazole rings is 1. The van der Waals surface area contributed by atoms with Crippen molar-refractivity contribution in [1.29, 1.82) is 0 Å². The van der Waals surface area contributed by atoms with Crippen LogP contribution in [0.3, 0.4) is 0 Å². The van der Waals surface area contributed by atoms with E-state index in [4.69, 9.17) is 9.15 Å². The predicted octanol–water partition coefficient (Wildman–Crippen LogP) is 3.48. The highest BCUT2D eigenvalue weighted by Crippen LogP contribution is 2.19. The number of nitrogens with zero attached hydrogens (tertiary/aromatic N) is 3. The normalized spacial score (nSPS) is 11.2. The number of rotatable bonds is 5. The van der Waals surface area contributed by atoms with E-state index in [-0.39, 0.29) is 12.2 Å². The molecule has 0 aliphatic heterocycles. The van der Waals surface area contributed by atoms with Gasteiger partial charge in [0, 0.05) is 28.5 Å². The molecule has 144 valence electrons. The molecule has 0 unspecified atom stereocenters. The highest BCUT2D eigenvalue weighted by molar-refractivity contribution is 7.15. The number of hydrogen-bond acceptors (Lipinski definition) is 6. The molecule has 8 heteroatoms. The van der Waals surface area contributed by atoms with Crippen molar-refractivity contribution in [2.24, 2.45) is 0 Å². The van der Waals surface area contributed by atoms with Crippen LogP contribution in [-0.4, -0.2) is 19.9 Å².